The average molecular weight is 459 g/mol. The van der Waals surface area contributed by atoms with Crippen LogP contribution in [-0.4, -0.2) is 17.4 Å². The van der Waals surface area contributed by atoms with Crippen molar-refractivity contribution in [3.8, 4) is 5.75 Å². The fourth-order valence-corrected chi connectivity index (χ4v) is 3.54. The van der Waals surface area contributed by atoms with Crippen LogP contribution < -0.4 is 10.2 Å². The highest BCUT2D eigenvalue weighted by Gasteiger charge is 2.13. The molecule has 30 heavy (non-hydrogen) atoms. The molecule has 0 saturated heterocycles. The second-order valence-corrected chi connectivity index (χ2v) is 8.72. The molecule has 1 unspecified atom stereocenters. The monoisotopic (exact) mass is 458 g/mol. The molecule has 154 valence electrons. The molecule has 0 aromatic heterocycles. The zero-order valence-electron chi connectivity index (χ0n) is 16.2. The number of hydrogen-bond acceptors (Lipinski definition) is 4. The van der Waals surface area contributed by atoms with E-state index in [0.29, 0.717) is 16.7 Å². The largest absolute Gasteiger partial charge is 0.489 e. The third kappa shape index (κ3) is 7.10. The second kappa shape index (κ2) is 11.1. The number of thioether (sulfide) groups is 1. The maximum atomic E-state index is 12.2. The van der Waals surface area contributed by atoms with E-state index in [2.05, 4.69) is 10.5 Å². The van der Waals surface area contributed by atoms with Crippen LogP contribution in [0.1, 0.15) is 18.1 Å². The van der Waals surface area contributed by atoms with Crippen LogP contribution in [0.2, 0.25) is 10.0 Å². The van der Waals surface area contributed by atoms with Gasteiger partial charge >= 0.3 is 0 Å². The van der Waals surface area contributed by atoms with Crippen LogP contribution in [0, 0.1) is 0 Å². The topological polar surface area (TPSA) is 50.7 Å². The Morgan fingerprint density at radius 3 is 2.23 bits per heavy atom. The van der Waals surface area contributed by atoms with E-state index in [1.807, 2.05) is 67.6 Å². The van der Waals surface area contributed by atoms with Gasteiger partial charge in [-0.25, -0.2) is 5.43 Å². The number of amides is 1. The van der Waals surface area contributed by atoms with Crippen molar-refractivity contribution in [2.24, 2.45) is 5.10 Å². The summed E-state index contributed by atoms with van der Waals surface area (Å²) in [6, 6.07) is 22.4. The lowest BCUT2D eigenvalue weighted by Gasteiger charge is -2.09. The predicted octanol–water partition coefficient (Wildman–Crippen LogP) is 6.20. The van der Waals surface area contributed by atoms with Gasteiger partial charge in [0.05, 0.1) is 11.5 Å². The van der Waals surface area contributed by atoms with E-state index < -0.39 is 0 Å². The lowest BCUT2D eigenvalue weighted by atomic mass is 10.2. The molecule has 0 bridgehead atoms. The van der Waals surface area contributed by atoms with Crippen molar-refractivity contribution in [3.63, 3.8) is 0 Å². The number of hydrogen-bond donors (Lipinski definition) is 1. The molecule has 0 spiro atoms. The Labute approximate surface area is 190 Å². The van der Waals surface area contributed by atoms with Gasteiger partial charge in [0, 0.05) is 14.9 Å². The van der Waals surface area contributed by atoms with Crippen molar-refractivity contribution in [3.05, 3.63) is 94.0 Å². The number of benzene rings is 3. The highest BCUT2D eigenvalue weighted by atomic mass is 35.5. The van der Waals surface area contributed by atoms with Crippen LogP contribution >= 0.6 is 35.0 Å². The van der Waals surface area contributed by atoms with Gasteiger partial charge in [-0.15, -0.1) is 11.8 Å². The minimum absolute atomic E-state index is 0.172. The Hall–Kier alpha value is -2.47. The van der Waals surface area contributed by atoms with Crippen LogP contribution in [0.15, 0.2) is 82.8 Å². The molecular weight excluding hydrogens is 439 g/mol. The van der Waals surface area contributed by atoms with Gasteiger partial charge < -0.3 is 4.74 Å². The fourth-order valence-electron chi connectivity index (χ4n) is 2.43. The van der Waals surface area contributed by atoms with Gasteiger partial charge in [-0.05, 0) is 78.7 Å². The number of carbonyl (C=O) groups is 1. The van der Waals surface area contributed by atoms with E-state index in [-0.39, 0.29) is 11.2 Å². The van der Waals surface area contributed by atoms with Crippen molar-refractivity contribution in [1.29, 1.82) is 0 Å². The van der Waals surface area contributed by atoms with E-state index in [1.54, 1.807) is 18.3 Å². The number of nitrogens with one attached hydrogen (secondary N) is 1. The fraction of sp³-hybridized carbons (Fsp3) is 0.130. The summed E-state index contributed by atoms with van der Waals surface area (Å²) < 4.78 is 5.76. The lowest BCUT2D eigenvalue weighted by molar-refractivity contribution is -0.120. The number of carbonyl (C=O) groups excluding carboxylic acids is 1. The van der Waals surface area contributed by atoms with Crippen molar-refractivity contribution >= 4 is 47.1 Å². The third-order valence-electron chi connectivity index (χ3n) is 4.08. The summed E-state index contributed by atoms with van der Waals surface area (Å²) in [7, 11) is 0. The molecule has 1 atom stereocenters. The first kappa shape index (κ1) is 22.2. The third-order valence-corrected chi connectivity index (χ3v) is 5.70. The minimum Gasteiger partial charge on any atom is -0.489 e. The first-order valence-corrected chi connectivity index (χ1v) is 10.9. The van der Waals surface area contributed by atoms with Crippen molar-refractivity contribution in [2.75, 3.05) is 0 Å². The van der Waals surface area contributed by atoms with Crippen LogP contribution in [0.5, 0.6) is 5.75 Å². The number of halogens is 2. The van der Waals surface area contributed by atoms with E-state index in [4.69, 9.17) is 27.9 Å². The van der Waals surface area contributed by atoms with Crippen molar-refractivity contribution in [2.45, 2.75) is 23.7 Å². The summed E-state index contributed by atoms with van der Waals surface area (Å²) in [4.78, 5) is 13.2. The van der Waals surface area contributed by atoms with Gasteiger partial charge in [-0.3, -0.25) is 4.79 Å². The second-order valence-electron chi connectivity index (χ2n) is 6.43. The molecule has 0 radical (unpaired) electrons. The minimum atomic E-state index is -0.285. The van der Waals surface area contributed by atoms with Crippen LogP contribution in [-0.2, 0) is 11.4 Å². The number of ether oxygens (including phenoxy) is 1. The Bertz CT molecular complexity index is 991. The van der Waals surface area contributed by atoms with E-state index in [0.717, 1.165) is 21.8 Å². The molecule has 1 N–H and O–H groups in total. The Morgan fingerprint density at radius 2 is 1.60 bits per heavy atom. The smallest absolute Gasteiger partial charge is 0.253 e. The molecule has 0 heterocycles. The zero-order valence-corrected chi connectivity index (χ0v) is 18.5. The van der Waals surface area contributed by atoms with Gasteiger partial charge in [-0.1, -0.05) is 35.3 Å². The summed E-state index contributed by atoms with van der Waals surface area (Å²) in [5.74, 6) is 0.577. The summed E-state index contributed by atoms with van der Waals surface area (Å²) in [5, 5.41) is 5.12. The van der Waals surface area contributed by atoms with E-state index in [1.165, 1.54) is 11.8 Å². The Kier molecular flexibility index (Phi) is 8.20. The highest BCUT2D eigenvalue weighted by Crippen LogP contribution is 2.24. The molecule has 7 heteroatoms. The number of nitrogens with zero attached hydrogens (tertiary/aromatic N) is 1. The first-order valence-electron chi connectivity index (χ1n) is 9.22. The summed E-state index contributed by atoms with van der Waals surface area (Å²) in [6.07, 6.45) is 1.60. The quantitative estimate of drug-likeness (QED) is 0.248. The Balaban J connectivity index is 1.45. The molecule has 4 nitrogen and oxygen atoms in total. The standard InChI is InChI=1S/C23H20Cl2N2O2S/c1-16(30-22-12-8-20(25)9-13-22)23(28)27-26-14-17-4-10-21(11-5-17)29-15-18-2-6-19(24)7-3-18/h2-14,16H,15H2,1H3,(H,27,28)/b26-14+. The van der Waals surface area contributed by atoms with E-state index in [9.17, 15) is 4.79 Å². The molecule has 0 saturated carbocycles. The zero-order chi connectivity index (χ0) is 21.3. The molecular formula is C23H20Cl2N2O2S. The van der Waals surface area contributed by atoms with Crippen LogP contribution in [0.4, 0.5) is 0 Å². The molecule has 3 aromatic carbocycles. The van der Waals surface area contributed by atoms with Gasteiger partial charge in [0.1, 0.15) is 12.4 Å². The molecule has 0 aliphatic carbocycles. The molecule has 3 aromatic rings. The molecule has 0 aliphatic rings. The maximum absolute atomic E-state index is 12.2. The van der Waals surface area contributed by atoms with E-state index >= 15 is 0 Å². The SMILES string of the molecule is CC(Sc1ccc(Cl)cc1)C(=O)N/N=C/c1ccc(OCc2ccc(Cl)cc2)cc1. The molecule has 1 amide bonds. The molecule has 0 fully saturated rings. The van der Waals surface area contributed by atoms with Crippen LogP contribution in [0.25, 0.3) is 0 Å². The van der Waals surface area contributed by atoms with Crippen molar-refractivity contribution in [1.82, 2.24) is 5.43 Å². The maximum Gasteiger partial charge on any atom is 0.253 e. The van der Waals surface area contributed by atoms with Crippen LogP contribution in [0.3, 0.4) is 0 Å². The molecule has 0 aliphatic heterocycles. The summed E-state index contributed by atoms with van der Waals surface area (Å²) >= 11 is 13.2. The van der Waals surface area contributed by atoms with Gasteiger partial charge in [0.15, 0.2) is 0 Å². The average Bonchev–Trinajstić information content (AvgIpc) is 2.76. The predicted molar refractivity (Wildman–Crippen MR) is 125 cm³/mol. The van der Waals surface area contributed by atoms with Gasteiger partial charge in [-0.2, -0.15) is 5.10 Å². The first-order chi connectivity index (χ1) is 14.5. The normalized spacial score (nSPS) is 12.0. The summed E-state index contributed by atoms with van der Waals surface area (Å²) in [5.41, 5.74) is 4.46. The summed E-state index contributed by atoms with van der Waals surface area (Å²) in [6.45, 7) is 2.29. The van der Waals surface area contributed by atoms with Gasteiger partial charge in [0.25, 0.3) is 5.91 Å². The Morgan fingerprint density at radius 1 is 1.00 bits per heavy atom. The van der Waals surface area contributed by atoms with Crippen molar-refractivity contribution < 1.29 is 9.53 Å². The van der Waals surface area contributed by atoms with Gasteiger partial charge in [0.2, 0.25) is 0 Å². The number of hydrazone groups is 1. The molecule has 3 rings (SSSR count). The number of rotatable bonds is 8. The lowest BCUT2D eigenvalue weighted by Crippen LogP contribution is -2.26. The highest BCUT2D eigenvalue weighted by molar-refractivity contribution is 8.00.